The van der Waals surface area contributed by atoms with Gasteiger partial charge in [0.2, 0.25) is 0 Å². The number of aliphatic hydroxyl groups is 2. The van der Waals surface area contributed by atoms with Crippen molar-refractivity contribution in [1.29, 1.82) is 0 Å². The Labute approximate surface area is 121 Å². The third-order valence-electron chi connectivity index (χ3n) is 2.49. The summed E-state index contributed by atoms with van der Waals surface area (Å²) in [6, 6.07) is 6.73. The van der Waals surface area contributed by atoms with Crippen LogP contribution < -0.4 is 0 Å². The molecule has 0 saturated carbocycles. The summed E-state index contributed by atoms with van der Waals surface area (Å²) in [6.07, 6.45) is -1.52. The van der Waals surface area contributed by atoms with Crippen LogP contribution in [-0.2, 0) is 4.79 Å². The molecule has 0 amide bonds. The molecule has 19 heavy (non-hydrogen) atoms. The lowest BCUT2D eigenvalue weighted by Crippen LogP contribution is -2.19. The summed E-state index contributed by atoms with van der Waals surface area (Å²) < 4.78 is 0. The first-order chi connectivity index (χ1) is 9.04. The van der Waals surface area contributed by atoms with Crippen LogP contribution in [0.1, 0.15) is 25.0 Å². The topological polar surface area (TPSA) is 69.9 Å². The summed E-state index contributed by atoms with van der Waals surface area (Å²) >= 11 is 5.63. The summed E-state index contributed by atoms with van der Waals surface area (Å²) in [6.45, 7) is 1.48. The maximum atomic E-state index is 10.8. The van der Waals surface area contributed by atoms with Gasteiger partial charge in [-0.2, -0.15) is 4.99 Å². The van der Waals surface area contributed by atoms with Crippen LogP contribution >= 0.6 is 24.0 Å². The molecule has 102 valence electrons. The fourth-order valence-electron chi connectivity index (χ4n) is 1.50. The molecular weight excluding hydrogens is 282 g/mol. The van der Waals surface area contributed by atoms with E-state index in [-0.39, 0.29) is 5.12 Å². The van der Waals surface area contributed by atoms with Crippen molar-refractivity contribution in [2.24, 2.45) is 4.99 Å². The number of aliphatic hydroxyl groups excluding tert-OH is 2. The summed E-state index contributed by atoms with van der Waals surface area (Å²) in [7, 11) is 0. The molecule has 4 nitrogen and oxygen atoms in total. The van der Waals surface area contributed by atoms with Crippen LogP contribution in [0.2, 0.25) is 0 Å². The van der Waals surface area contributed by atoms with Crippen LogP contribution in [0.25, 0.3) is 0 Å². The number of rotatable bonds is 6. The molecule has 6 heteroatoms. The summed E-state index contributed by atoms with van der Waals surface area (Å²) in [4.78, 5) is 14.6. The van der Waals surface area contributed by atoms with Gasteiger partial charge in [-0.3, -0.25) is 4.79 Å². The van der Waals surface area contributed by atoms with E-state index in [9.17, 15) is 15.0 Å². The number of thioether (sulfide) groups is 1. The predicted molar refractivity (Wildman–Crippen MR) is 79.9 cm³/mol. The number of carbonyl (C=O) groups is 1. The zero-order valence-corrected chi connectivity index (χ0v) is 12.1. The van der Waals surface area contributed by atoms with Crippen molar-refractivity contribution in [3.05, 3.63) is 29.8 Å². The van der Waals surface area contributed by atoms with Gasteiger partial charge in [-0.05, 0) is 36.3 Å². The second kappa shape index (κ2) is 8.19. The standard InChI is InChI=1S/C13H15NO3S2/c1-9(15)19-7-6-12(16)13(17)10-2-4-11(5-3-10)14-8-18/h2-5,12-13,16-17H,6-7H2,1H3. The maximum absolute atomic E-state index is 10.8. The molecule has 0 aliphatic heterocycles. The van der Waals surface area contributed by atoms with Crippen molar-refractivity contribution < 1.29 is 15.0 Å². The Balaban J connectivity index is 2.58. The average Bonchev–Trinajstić information content (AvgIpc) is 2.38. The number of aliphatic imine (C=N–C) groups is 1. The van der Waals surface area contributed by atoms with E-state index < -0.39 is 12.2 Å². The SMILES string of the molecule is CC(=O)SCCC(O)C(O)c1ccc(N=C=S)cc1. The second-order valence-corrected chi connectivity index (χ2v) is 5.39. The minimum atomic E-state index is -0.974. The first kappa shape index (κ1) is 16.0. The van der Waals surface area contributed by atoms with Gasteiger partial charge in [-0.15, -0.1) is 0 Å². The van der Waals surface area contributed by atoms with Gasteiger partial charge in [-0.1, -0.05) is 23.9 Å². The molecule has 0 aromatic heterocycles. The van der Waals surface area contributed by atoms with Crippen LogP contribution in [-0.4, -0.2) is 32.3 Å². The summed E-state index contributed by atoms with van der Waals surface area (Å²) in [5, 5.41) is 22.1. The summed E-state index contributed by atoms with van der Waals surface area (Å²) in [5.41, 5.74) is 1.25. The van der Waals surface area contributed by atoms with Gasteiger partial charge >= 0.3 is 0 Å². The van der Waals surface area contributed by atoms with Crippen molar-refractivity contribution in [2.45, 2.75) is 25.6 Å². The van der Waals surface area contributed by atoms with E-state index in [1.54, 1.807) is 24.3 Å². The van der Waals surface area contributed by atoms with E-state index in [1.165, 1.54) is 6.92 Å². The average molecular weight is 297 g/mol. The van der Waals surface area contributed by atoms with Gasteiger partial charge in [-0.25, -0.2) is 0 Å². The minimum absolute atomic E-state index is 0.00377. The first-order valence-corrected chi connectivity index (χ1v) is 7.11. The van der Waals surface area contributed by atoms with Crippen molar-refractivity contribution in [2.75, 3.05) is 5.75 Å². The molecule has 0 spiro atoms. The van der Waals surface area contributed by atoms with Crippen molar-refractivity contribution >= 4 is 39.9 Å². The molecular formula is C13H15NO3S2. The highest BCUT2D eigenvalue weighted by atomic mass is 32.2. The molecule has 0 aliphatic carbocycles. The monoisotopic (exact) mass is 297 g/mol. The lowest BCUT2D eigenvalue weighted by atomic mass is 10.0. The quantitative estimate of drug-likeness (QED) is 0.623. The molecule has 2 N–H and O–H groups in total. The lowest BCUT2D eigenvalue weighted by molar-refractivity contribution is -0.109. The molecule has 1 aromatic rings. The first-order valence-electron chi connectivity index (χ1n) is 5.72. The smallest absolute Gasteiger partial charge is 0.185 e. The van der Waals surface area contributed by atoms with E-state index in [4.69, 9.17) is 0 Å². The third kappa shape index (κ3) is 5.63. The van der Waals surface area contributed by atoms with Gasteiger partial charge in [0, 0.05) is 12.7 Å². The van der Waals surface area contributed by atoms with Gasteiger partial charge in [0.05, 0.1) is 17.0 Å². The Hall–Kier alpha value is -1.04. The second-order valence-electron chi connectivity index (χ2n) is 3.94. The van der Waals surface area contributed by atoms with Gasteiger partial charge in [0.15, 0.2) is 5.12 Å². The van der Waals surface area contributed by atoms with Crippen LogP contribution in [0.4, 0.5) is 5.69 Å². The zero-order chi connectivity index (χ0) is 14.3. The number of carbonyl (C=O) groups excluding carboxylic acids is 1. The number of hydrogen-bond donors (Lipinski definition) is 2. The fraction of sp³-hybridized carbons (Fsp3) is 0.385. The number of nitrogens with zero attached hydrogens (tertiary/aromatic N) is 1. The number of thiocarbonyl (C=S) groups is 1. The number of isothiocyanates is 1. The van der Waals surface area contributed by atoms with Crippen LogP contribution in [0.5, 0.6) is 0 Å². The molecule has 1 aromatic carbocycles. The highest BCUT2D eigenvalue weighted by molar-refractivity contribution is 8.13. The van der Waals surface area contributed by atoms with Crippen LogP contribution in [0, 0.1) is 0 Å². The van der Waals surface area contributed by atoms with Crippen molar-refractivity contribution in [3.8, 4) is 0 Å². The Morgan fingerprint density at radius 2 is 2.05 bits per heavy atom. The maximum Gasteiger partial charge on any atom is 0.185 e. The minimum Gasteiger partial charge on any atom is -0.390 e. The zero-order valence-electron chi connectivity index (χ0n) is 10.4. The molecule has 0 saturated heterocycles. The molecule has 0 heterocycles. The predicted octanol–water partition coefficient (Wildman–Crippen LogP) is 2.49. The Morgan fingerprint density at radius 3 is 2.58 bits per heavy atom. The Kier molecular flexibility index (Phi) is 6.91. The van der Waals surface area contributed by atoms with Gasteiger partial charge in [0.25, 0.3) is 0 Å². The normalized spacial score (nSPS) is 13.4. The molecule has 2 unspecified atom stereocenters. The molecule has 1 rings (SSSR count). The number of hydrogen-bond acceptors (Lipinski definition) is 6. The molecule has 0 bridgehead atoms. The lowest BCUT2D eigenvalue weighted by Gasteiger charge is -2.17. The van der Waals surface area contributed by atoms with E-state index >= 15 is 0 Å². The van der Waals surface area contributed by atoms with Gasteiger partial charge in [0.1, 0.15) is 6.10 Å². The van der Waals surface area contributed by atoms with E-state index in [2.05, 4.69) is 22.4 Å². The largest absolute Gasteiger partial charge is 0.390 e. The van der Waals surface area contributed by atoms with E-state index in [0.29, 0.717) is 23.4 Å². The number of benzene rings is 1. The van der Waals surface area contributed by atoms with E-state index in [0.717, 1.165) is 11.8 Å². The fourth-order valence-corrected chi connectivity index (χ4v) is 2.25. The molecule has 0 radical (unpaired) electrons. The Bertz CT molecular complexity index is 469. The van der Waals surface area contributed by atoms with E-state index in [1.807, 2.05) is 0 Å². The van der Waals surface area contributed by atoms with Crippen LogP contribution in [0.3, 0.4) is 0 Å². The van der Waals surface area contributed by atoms with Crippen molar-refractivity contribution in [3.63, 3.8) is 0 Å². The van der Waals surface area contributed by atoms with Gasteiger partial charge < -0.3 is 10.2 Å². The third-order valence-corrected chi connectivity index (χ3v) is 3.43. The summed E-state index contributed by atoms with van der Waals surface area (Å²) in [5.74, 6) is 0.487. The Morgan fingerprint density at radius 1 is 1.42 bits per heavy atom. The molecule has 0 aliphatic rings. The van der Waals surface area contributed by atoms with Crippen LogP contribution in [0.15, 0.2) is 29.3 Å². The highest BCUT2D eigenvalue weighted by Crippen LogP contribution is 2.22. The molecule has 2 atom stereocenters. The molecule has 0 fully saturated rings. The van der Waals surface area contributed by atoms with Crippen molar-refractivity contribution in [1.82, 2.24) is 0 Å². The highest BCUT2D eigenvalue weighted by Gasteiger charge is 2.18.